The van der Waals surface area contributed by atoms with Crippen LogP contribution in [0.1, 0.15) is 22.3 Å². The quantitative estimate of drug-likeness (QED) is 0.696. The number of benzene rings is 1. The minimum Gasteiger partial charge on any atom is -0.492 e. The standard InChI is InChI=1S/C16H16BrFN4O2S/c1-9-19-16-22(20-9)15(23)14(25-16)13(21-4-6-24-7-5-21)10-2-3-12(18)11(17)8-10/h2-3,8,13,23H,4-7H2,1H3. The molecular formula is C16H16BrFN4O2S. The van der Waals surface area contributed by atoms with E-state index in [9.17, 15) is 9.50 Å². The van der Waals surface area contributed by atoms with Crippen LogP contribution < -0.4 is 0 Å². The van der Waals surface area contributed by atoms with Crippen molar-refractivity contribution < 1.29 is 14.2 Å². The van der Waals surface area contributed by atoms with Gasteiger partial charge in [-0.2, -0.15) is 4.52 Å². The van der Waals surface area contributed by atoms with Crippen LogP contribution in [0.4, 0.5) is 4.39 Å². The molecule has 1 aromatic carbocycles. The molecule has 1 fully saturated rings. The van der Waals surface area contributed by atoms with Crippen LogP contribution in [0.2, 0.25) is 0 Å². The Labute approximate surface area is 156 Å². The van der Waals surface area contributed by atoms with Gasteiger partial charge in [0.1, 0.15) is 11.6 Å². The van der Waals surface area contributed by atoms with Crippen LogP contribution in [0.5, 0.6) is 5.88 Å². The lowest BCUT2D eigenvalue weighted by Crippen LogP contribution is -2.39. The number of aromatic nitrogens is 3. The zero-order valence-corrected chi connectivity index (χ0v) is 15.8. The van der Waals surface area contributed by atoms with E-state index in [-0.39, 0.29) is 17.7 Å². The van der Waals surface area contributed by atoms with Crippen LogP contribution in [-0.4, -0.2) is 50.9 Å². The number of aromatic hydroxyl groups is 1. The summed E-state index contributed by atoms with van der Waals surface area (Å²) in [6, 6.07) is 4.73. The van der Waals surface area contributed by atoms with Gasteiger partial charge in [0, 0.05) is 13.1 Å². The molecular weight excluding hydrogens is 411 g/mol. The zero-order chi connectivity index (χ0) is 17.6. The highest BCUT2D eigenvalue weighted by molar-refractivity contribution is 9.10. The lowest BCUT2D eigenvalue weighted by atomic mass is 10.0. The predicted octanol–water partition coefficient (Wildman–Crippen LogP) is 3.13. The highest BCUT2D eigenvalue weighted by Gasteiger charge is 2.30. The minimum absolute atomic E-state index is 0.0811. The third-order valence-electron chi connectivity index (χ3n) is 4.22. The van der Waals surface area contributed by atoms with Crippen LogP contribution in [-0.2, 0) is 4.74 Å². The van der Waals surface area contributed by atoms with E-state index in [1.807, 2.05) is 0 Å². The van der Waals surface area contributed by atoms with Gasteiger partial charge < -0.3 is 9.84 Å². The SMILES string of the molecule is Cc1nc2sc(C(c3ccc(F)c(Br)c3)N3CCOCC3)c(O)n2n1. The van der Waals surface area contributed by atoms with Crippen LogP contribution in [0.3, 0.4) is 0 Å². The van der Waals surface area contributed by atoms with Gasteiger partial charge in [-0.15, -0.1) is 5.10 Å². The number of morpholine rings is 1. The summed E-state index contributed by atoms with van der Waals surface area (Å²) < 4.78 is 21.0. The molecule has 6 nitrogen and oxygen atoms in total. The van der Waals surface area contributed by atoms with Crippen LogP contribution in [0.25, 0.3) is 4.96 Å². The Bertz CT molecular complexity index is 922. The maximum absolute atomic E-state index is 13.7. The Hall–Kier alpha value is -1.55. The normalized spacial score (nSPS) is 17.2. The van der Waals surface area contributed by atoms with E-state index in [1.54, 1.807) is 19.1 Å². The topological polar surface area (TPSA) is 62.9 Å². The fourth-order valence-electron chi connectivity index (χ4n) is 3.07. The van der Waals surface area contributed by atoms with Crippen molar-refractivity contribution in [3.63, 3.8) is 0 Å². The first-order valence-corrected chi connectivity index (χ1v) is 9.47. The zero-order valence-electron chi connectivity index (χ0n) is 13.4. The fraction of sp³-hybridized carbons (Fsp3) is 0.375. The molecule has 1 aliphatic heterocycles. The molecule has 0 spiro atoms. The molecule has 1 saturated heterocycles. The number of rotatable bonds is 3. The highest BCUT2D eigenvalue weighted by atomic mass is 79.9. The first kappa shape index (κ1) is 16.9. The third kappa shape index (κ3) is 3.05. The van der Waals surface area contributed by atoms with Crippen molar-refractivity contribution in [1.29, 1.82) is 0 Å². The molecule has 0 saturated carbocycles. The maximum atomic E-state index is 13.7. The van der Waals surface area contributed by atoms with Gasteiger partial charge in [0.05, 0.1) is 28.6 Å². The molecule has 1 unspecified atom stereocenters. The van der Waals surface area contributed by atoms with Crippen molar-refractivity contribution in [3.05, 3.63) is 44.8 Å². The number of aryl methyl sites for hydroxylation is 1. The molecule has 132 valence electrons. The number of hydrogen-bond donors (Lipinski definition) is 1. The minimum atomic E-state index is -0.313. The molecule has 4 rings (SSSR count). The summed E-state index contributed by atoms with van der Waals surface area (Å²) >= 11 is 4.66. The van der Waals surface area contributed by atoms with E-state index in [4.69, 9.17) is 4.74 Å². The van der Waals surface area contributed by atoms with Gasteiger partial charge in [-0.3, -0.25) is 4.90 Å². The number of nitrogens with zero attached hydrogens (tertiary/aromatic N) is 4. The van der Waals surface area contributed by atoms with E-state index in [1.165, 1.54) is 21.9 Å². The number of thiazole rings is 1. The van der Waals surface area contributed by atoms with Gasteiger partial charge in [0.2, 0.25) is 10.8 Å². The monoisotopic (exact) mass is 426 g/mol. The number of fused-ring (bicyclic) bond motifs is 1. The van der Waals surface area contributed by atoms with E-state index in [0.29, 0.717) is 28.5 Å². The summed E-state index contributed by atoms with van der Waals surface area (Å²) in [5, 5.41) is 15.0. The van der Waals surface area contributed by atoms with Crippen molar-refractivity contribution in [2.45, 2.75) is 13.0 Å². The molecule has 0 amide bonds. The van der Waals surface area contributed by atoms with Gasteiger partial charge in [-0.25, -0.2) is 9.37 Å². The Balaban J connectivity index is 1.84. The number of ether oxygens (including phenoxy) is 1. The Morgan fingerprint density at radius 1 is 1.36 bits per heavy atom. The maximum Gasteiger partial charge on any atom is 0.230 e. The molecule has 0 aliphatic carbocycles. The predicted molar refractivity (Wildman–Crippen MR) is 95.6 cm³/mol. The summed E-state index contributed by atoms with van der Waals surface area (Å²) in [6.07, 6.45) is 0. The summed E-state index contributed by atoms with van der Waals surface area (Å²) in [6.45, 7) is 4.49. The smallest absolute Gasteiger partial charge is 0.230 e. The lowest BCUT2D eigenvalue weighted by Gasteiger charge is -2.34. The lowest BCUT2D eigenvalue weighted by molar-refractivity contribution is 0.0241. The molecule has 0 bridgehead atoms. The van der Waals surface area contributed by atoms with Crippen molar-refractivity contribution >= 4 is 32.2 Å². The molecule has 3 aromatic rings. The first-order chi connectivity index (χ1) is 12.0. The molecule has 1 N–H and O–H groups in total. The van der Waals surface area contributed by atoms with Crippen molar-refractivity contribution in [2.24, 2.45) is 0 Å². The van der Waals surface area contributed by atoms with Gasteiger partial charge in [0.15, 0.2) is 0 Å². The number of halogens is 2. The molecule has 9 heteroatoms. The molecule has 0 radical (unpaired) electrons. The van der Waals surface area contributed by atoms with E-state index < -0.39 is 0 Å². The van der Waals surface area contributed by atoms with Crippen molar-refractivity contribution in [2.75, 3.05) is 26.3 Å². The summed E-state index contributed by atoms with van der Waals surface area (Å²) in [7, 11) is 0. The highest BCUT2D eigenvalue weighted by Crippen LogP contribution is 2.40. The Morgan fingerprint density at radius 3 is 2.80 bits per heavy atom. The average Bonchev–Trinajstić information content (AvgIpc) is 3.10. The van der Waals surface area contributed by atoms with Crippen molar-refractivity contribution in [3.8, 4) is 5.88 Å². The second kappa shape index (κ2) is 6.64. The third-order valence-corrected chi connectivity index (χ3v) is 5.90. The van der Waals surface area contributed by atoms with Gasteiger partial charge in [0.25, 0.3) is 0 Å². The van der Waals surface area contributed by atoms with Gasteiger partial charge in [-0.05, 0) is 40.5 Å². The molecule has 2 aromatic heterocycles. The molecule has 3 heterocycles. The van der Waals surface area contributed by atoms with Gasteiger partial charge in [-0.1, -0.05) is 17.4 Å². The largest absolute Gasteiger partial charge is 0.492 e. The summed E-state index contributed by atoms with van der Waals surface area (Å²) in [5.74, 6) is 0.380. The second-order valence-electron chi connectivity index (χ2n) is 5.87. The Kier molecular flexibility index (Phi) is 4.48. The van der Waals surface area contributed by atoms with Crippen LogP contribution >= 0.6 is 27.3 Å². The summed E-state index contributed by atoms with van der Waals surface area (Å²) in [5.41, 5.74) is 0.895. The average molecular weight is 427 g/mol. The van der Waals surface area contributed by atoms with Gasteiger partial charge >= 0.3 is 0 Å². The van der Waals surface area contributed by atoms with Crippen LogP contribution in [0.15, 0.2) is 22.7 Å². The van der Waals surface area contributed by atoms with E-state index >= 15 is 0 Å². The van der Waals surface area contributed by atoms with Crippen molar-refractivity contribution in [1.82, 2.24) is 19.5 Å². The second-order valence-corrected chi connectivity index (χ2v) is 7.73. The summed E-state index contributed by atoms with van der Waals surface area (Å²) in [4.78, 5) is 7.96. The fourth-order valence-corrected chi connectivity index (χ4v) is 4.63. The molecule has 1 atom stereocenters. The van der Waals surface area contributed by atoms with E-state index in [2.05, 4.69) is 30.9 Å². The molecule has 25 heavy (non-hydrogen) atoms. The van der Waals surface area contributed by atoms with Crippen LogP contribution in [0, 0.1) is 12.7 Å². The number of hydrogen-bond acceptors (Lipinski definition) is 6. The first-order valence-electron chi connectivity index (χ1n) is 7.86. The van der Waals surface area contributed by atoms with E-state index in [0.717, 1.165) is 23.5 Å². The molecule has 1 aliphatic rings. The Morgan fingerprint density at radius 2 is 2.12 bits per heavy atom.